The Morgan fingerprint density at radius 1 is 1.16 bits per heavy atom. The van der Waals surface area contributed by atoms with Crippen LogP contribution in [-0.4, -0.2) is 18.2 Å². The van der Waals surface area contributed by atoms with Crippen molar-refractivity contribution in [2.45, 2.75) is 63.7 Å². The zero-order valence-corrected chi connectivity index (χ0v) is 11.7. The molecule has 0 radical (unpaired) electrons. The molecule has 0 saturated heterocycles. The maximum Gasteiger partial charge on any atom is 0.376 e. The summed E-state index contributed by atoms with van der Waals surface area (Å²) in [6.45, 7) is 0. The van der Waals surface area contributed by atoms with Crippen LogP contribution in [0.4, 0.5) is 0 Å². The van der Waals surface area contributed by atoms with Crippen LogP contribution in [-0.2, 0) is 4.74 Å². The maximum absolute atomic E-state index is 11.4. The highest BCUT2D eigenvalue weighted by atomic mass is 16.5. The first-order chi connectivity index (χ1) is 9.31. The molecule has 2 rings (SSSR count). The lowest BCUT2D eigenvalue weighted by Crippen LogP contribution is -2.02. The molecule has 106 valence electrons. The minimum Gasteiger partial charge on any atom is -0.463 e. The summed E-state index contributed by atoms with van der Waals surface area (Å²) in [4.78, 5) is 11.4. The zero-order valence-electron chi connectivity index (χ0n) is 11.7. The van der Waals surface area contributed by atoms with E-state index in [-0.39, 0.29) is 5.76 Å². The smallest absolute Gasteiger partial charge is 0.376 e. The number of nitrogens with zero attached hydrogens (tertiary/aromatic N) is 1. The van der Waals surface area contributed by atoms with Crippen LogP contribution in [0.25, 0.3) is 0 Å². The summed E-state index contributed by atoms with van der Waals surface area (Å²) in [5, 5.41) is 4.06. The molecule has 1 fully saturated rings. The minimum atomic E-state index is -0.446. The molecule has 0 aromatic carbocycles. The lowest BCUT2D eigenvalue weighted by atomic mass is 9.90. The van der Waals surface area contributed by atoms with E-state index in [1.165, 1.54) is 52.1 Å². The summed E-state index contributed by atoms with van der Waals surface area (Å²) in [5.74, 6) is 0.202. The van der Waals surface area contributed by atoms with Crippen molar-refractivity contribution in [2.75, 3.05) is 7.11 Å². The lowest BCUT2D eigenvalue weighted by Gasteiger charge is -2.15. The van der Waals surface area contributed by atoms with Gasteiger partial charge < -0.3 is 9.26 Å². The summed E-state index contributed by atoms with van der Waals surface area (Å²) in [7, 11) is 1.36. The molecular weight excluding hydrogens is 242 g/mol. The van der Waals surface area contributed by atoms with Gasteiger partial charge in [0.15, 0.2) is 0 Å². The van der Waals surface area contributed by atoms with E-state index < -0.39 is 5.97 Å². The molecule has 1 saturated carbocycles. The Hall–Kier alpha value is -1.32. The van der Waals surface area contributed by atoms with Gasteiger partial charge in [0.05, 0.1) is 12.8 Å². The third kappa shape index (κ3) is 4.08. The van der Waals surface area contributed by atoms with Gasteiger partial charge in [-0.25, -0.2) is 4.79 Å². The first kappa shape index (κ1) is 14.1. The van der Waals surface area contributed by atoms with Gasteiger partial charge in [-0.2, -0.15) is 0 Å². The quantitative estimate of drug-likeness (QED) is 0.756. The largest absolute Gasteiger partial charge is 0.463 e. The van der Waals surface area contributed by atoms with Gasteiger partial charge in [0.1, 0.15) is 0 Å². The molecule has 19 heavy (non-hydrogen) atoms. The van der Waals surface area contributed by atoms with Crippen molar-refractivity contribution in [1.82, 2.24) is 5.16 Å². The van der Waals surface area contributed by atoms with Crippen molar-refractivity contribution in [3.63, 3.8) is 0 Å². The molecule has 0 bridgehead atoms. The fourth-order valence-electron chi connectivity index (χ4n) is 2.78. The predicted molar refractivity (Wildman–Crippen MR) is 72.1 cm³/mol. The van der Waals surface area contributed by atoms with E-state index in [1.54, 1.807) is 6.07 Å². The van der Waals surface area contributed by atoms with E-state index in [0.29, 0.717) is 5.92 Å². The van der Waals surface area contributed by atoms with Gasteiger partial charge in [-0.3, -0.25) is 0 Å². The highest BCUT2D eigenvalue weighted by Gasteiger charge is 2.20. The van der Waals surface area contributed by atoms with E-state index in [4.69, 9.17) is 4.52 Å². The molecule has 1 heterocycles. The van der Waals surface area contributed by atoms with Crippen LogP contribution in [0.1, 0.15) is 80.0 Å². The fourth-order valence-corrected chi connectivity index (χ4v) is 2.78. The number of hydrogen-bond donors (Lipinski definition) is 0. The van der Waals surface area contributed by atoms with Gasteiger partial charge in [-0.05, 0) is 12.8 Å². The van der Waals surface area contributed by atoms with Gasteiger partial charge in [0.2, 0.25) is 5.76 Å². The molecule has 1 aliphatic rings. The number of hydrogen-bond acceptors (Lipinski definition) is 4. The number of carbonyl (C=O) groups is 1. The van der Waals surface area contributed by atoms with E-state index in [1.807, 2.05) is 0 Å². The van der Waals surface area contributed by atoms with Crippen molar-refractivity contribution in [1.29, 1.82) is 0 Å². The molecule has 0 amide bonds. The first-order valence-corrected chi connectivity index (χ1v) is 7.36. The number of ether oxygens (including phenoxy) is 1. The van der Waals surface area contributed by atoms with Gasteiger partial charge in [-0.1, -0.05) is 50.1 Å². The predicted octanol–water partition coefficient (Wildman–Crippen LogP) is 4.07. The van der Waals surface area contributed by atoms with Crippen LogP contribution in [0.15, 0.2) is 10.6 Å². The van der Waals surface area contributed by atoms with E-state index in [2.05, 4.69) is 9.89 Å². The zero-order chi connectivity index (χ0) is 13.5. The number of carbonyl (C=O) groups excluding carboxylic acids is 1. The molecule has 0 N–H and O–H groups in total. The Labute approximate surface area is 114 Å². The Morgan fingerprint density at radius 3 is 2.32 bits per heavy atom. The average molecular weight is 265 g/mol. The summed E-state index contributed by atoms with van der Waals surface area (Å²) in [6.07, 6.45) is 11.5. The van der Waals surface area contributed by atoms with E-state index >= 15 is 0 Å². The van der Waals surface area contributed by atoms with E-state index in [9.17, 15) is 4.79 Å². The van der Waals surface area contributed by atoms with Crippen LogP contribution >= 0.6 is 0 Å². The van der Waals surface area contributed by atoms with Crippen molar-refractivity contribution in [2.24, 2.45) is 0 Å². The second-order valence-electron chi connectivity index (χ2n) is 5.36. The Morgan fingerprint density at radius 2 is 1.74 bits per heavy atom. The van der Waals surface area contributed by atoms with Crippen molar-refractivity contribution < 1.29 is 14.1 Å². The second-order valence-corrected chi connectivity index (χ2v) is 5.36. The Kier molecular flexibility index (Phi) is 5.43. The first-order valence-electron chi connectivity index (χ1n) is 7.36. The highest BCUT2D eigenvalue weighted by molar-refractivity contribution is 5.86. The Balaban J connectivity index is 2.00. The molecule has 0 aliphatic heterocycles. The second kappa shape index (κ2) is 7.31. The maximum atomic E-state index is 11.4. The molecule has 4 heteroatoms. The molecule has 1 aromatic heterocycles. The molecule has 0 unspecified atom stereocenters. The lowest BCUT2D eigenvalue weighted by molar-refractivity contribution is 0.0554. The van der Waals surface area contributed by atoms with E-state index in [0.717, 1.165) is 18.5 Å². The molecule has 1 aromatic rings. The van der Waals surface area contributed by atoms with Crippen molar-refractivity contribution in [3.8, 4) is 0 Å². The third-order valence-corrected chi connectivity index (χ3v) is 3.94. The van der Waals surface area contributed by atoms with Crippen molar-refractivity contribution in [3.05, 3.63) is 17.5 Å². The molecular formula is C15H23NO3. The van der Waals surface area contributed by atoms with Gasteiger partial charge >= 0.3 is 5.97 Å². The fraction of sp³-hybridized carbons (Fsp3) is 0.733. The SMILES string of the molecule is COC(=O)c1cc(C2CCCCCCCCC2)no1. The molecule has 4 nitrogen and oxygen atoms in total. The molecule has 0 spiro atoms. The van der Waals surface area contributed by atoms with Crippen LogP contribution < -0.4 is 0 Å². The summed E-state index contributed by atoms with van der Waals surface area (Å²) < 4.78 is 9.72. The van der Waals surface area contributed by atoms with Crippen molar-refractivity contribution >= 4 is 5.97 Å². The third-order valence-electron chi connectivity index (χ3n) is 3.94. The topological polar surface area (TPSA) is 52.3 Å². The molecule has 1 aliphatic carbocycles. The van der Waals surface area contributed by atoms with Crippen LogP contribution in [0.5, 0.6) is 0 Å². The van der Waals surface area contributed by atoms with Crippen LogP contribution in [0, 0.1) is 0 Å². The monoisotopic (exact) mass is 265 g/mol. The van der Waals surface area contributed by atoms with Gasteiger partial charge in [0, 0.05) is 12.0 Å². The normalized spacial score (nSPS) is 19.0. The van der Waals surface area contributed by atoms with Gasteiger partial charge in [-0.15, -0.1) is 0 Å². The van der Waals surface area contributed by atoms with Crippen LogP contribution in [0.2, 0.25) is 0 Å². The number of aromatic nitrogens is 1. The average Bonchev–Trinajstić information content (AvgIpc) is 2.93. The summed E-state index contributed by atoms with van der Waals surface area (Å²) in [5.41, 5.74) is 0.918. The number of methoxy groups -OCH3 is 1. The summed E-state index contributed by atoms with van der Waals surface area (Å²) in [6, 6.07) is 1.75. The van der Waals surface area contributed by atoms with Gasteiger partial charge in [0.25, 0.3) is 0 Å². The highest BCUT2D eigenvalue weighted by Crippen LogP contribution is 2.29. The standard InChI is InChI=1S/C15H23NO3/c1-18-15(17)14-11-13(16-19-14)12-9-7-5-3-2-4-6-8-10-12/h11-12H,2-10H2,1H3. The number of rotatable bonds is 2. The molecule has 0 atom stereocenters. The Bertz CT molecular complexity index is 390. The van der Waals surface area contributed by atoms with Crippen LogP contribution in [0.3, 0.4) is 0 Å². The minimum absolute atomic E-state index is 0.217. The summed E-state index contributed by atoms with van der Waals surface area (Å²) >= 11 is 0. The number of esters is 1.